The van der Waals surface area contributed by atoms with Crippen LogP contribution in [0.5, 0.6) is 0 Å². The zero-order valence-electron chi connectivity index (χ0n) is 59.7. The molecular formula is C73H142O17P2. The third-order valence-corrected chi connectivity index (χ3v) is 18.9. The molecule has 0 aromatic heterocycles. The minimum absolute atomic E-state index is 0.107. The van der Waals surface area contributed by atoms with E-state index in [9.17, 15) is 43.2 Å². The highest BCUT2D eigenvalue weighted by atomic mass is 31.2. The Kier molecular flexibility index (Phi) is 64.9. The Morgan fingerprint density at radius 2 is 0.500 bits per heavy atom. The first-order valence-electron chi connectivity index (χ1n) is 38.1. The zero-order chi connectivity index (χ0) is 67.7. The Morgan fingerprint density at radius 3 is 0.739 bits per heavy atom. The third-order valence-electron chi connectivity index (χ3n) is 17.0. The molecule has 0 radical (unpaired) electrons. The molecule has 92 heavy (non-hydrogen) atoms. The minimum atomic E-state index is -4.95. The van der Waals surface area contributed by atoms with Gasteiger partial charge in [-0.25, -0.2) is 9.13 Å². The summed E-state index contributed by atoms with van der Waals surface area (Å²) in [5.41, 5.74) is 0. The van der Waals surface area contributed by atoms with Crippen molar-refractivity contribution in [1.82, 2.24) is 0 Å². The minimum Gasteiger partial charge on any atom is -0.462 e. The predicted molar refractivity (Wildman–Crippen MR) is 372 cm³/mol. The first-order valence-corrected chi connectivity index (χ1v) is 41.1. The van der Waals surface area contributed by atoms with Gasteiger partial charge in [0.15, 0.2) is 12.2 Å². The van der Waals surface area contributed by atoms with Crippen LogP contribution in [-0.4, -0.2) is 96.7 Å². The van der Waals surface area contributed by atoms with Gasteiger partial charge in [-0.15, -0.1) is 0 Å². The Morgan fingerprint density at radius 1 is 0.293 bits per heavy atom. The molecule has 0 aliphatic heterocycles. The number of aliphatic hydroxyl groups excluding tert-OH is 1. The summed E-state index contributed by atoms with van der Waals surface area (Å²) in [5, 5.41) is 10.6. The van der Waals surface area contributed by atoms with Gasteiger partial charge in [-0.1, -0.05) is 330 Å². The third kappa shape index (κ3) is 66.7. The first-order chi connectivity index (χ1) is 44.5. The van der Waals surface area contributed by atoms with Gasteiger partial charge in [0.2, 0.25) is 0 Å². The van der Waals surface area contributed by atoms with E-state index < -0.39 is 97.5 Å². The molecule has 0 aliphatic carbocycles. The van der Waals surface area contributed by atoms with Crippen LogP contribution in [0.1, 0.15) is 381 Å². The molecule has 0 heterocycles. The lowest BCUT2D eigenvalue weighted by atomic mass is 10.0. The molecule has 0 fully saturated rings. The van der Waals surface area contributed by atoms with Crippen LogP contribution in [0.15, 0.2) is 0 Å². The highest BCUT2D eigenvalue weighted by molar-refractivity contribution is 7.47. The second-order valence-corrected chi connectivity index (χ2v) is 29.7. The first kappa shape index (κ1) is 90.1. The van der Waals surface area contributed by atoms with Crippen molar-refractivity contribution in [2.75, 3.05) is 39.6 Å². The van der Waals surface area contributed by atoms with Crippen LogP contribution in [0.3, 0.4) is 0 Å². The number of aliphatic hydroxyl groups is 1. The number of rotatable bonds is 73. The number of carbonyl (C=O) groups excluding carboxylic acids is 4. The summed E-state index contributed by atoms with van der Waals surface area (Å²) in [4.78, 5) is 72.6. The number of unbranched alkanes of at least 4 members (excludes halogenated alkanes) is 45. The molecule has 546 valence electrons. The van der Waals surface area contributed by atoms with Gasteiger partial charge in [0.05, 0.1) is 26.4 Å². The van der Waals surface area contributed by atoms with Crippen LogP contribution in [0.4, 0.5) is 0 Å². The molecule has 0 aromatic rings. The lowest BCUT2D eigenvalue weighted by molar-refractivity contribution is -0.161. The Balaban J connectivity index is 5.22. The molecule has 19 heteroatoms. The lowest BCUT2D eigenvalue weighted by Crippen LogP contribution is -2.30. The Labute approximate surface area is 562 Å². The van der Waals surface area contributed by atoms with Gasteiger partial charge in [-0.05, 0) is 31.6 Å². The van der Waals surface area contributed by atoms with Crippen molar-refractivity contribution < 1.29 is 80.2 Å². The van der Waals surface area contributed by atoms with Gasteiger partial charge in [0.1, 0.15) is 19.3 Å². The maximum absolute atomic E-state index is 13.1. The topological polar surface area (TPSA) is 237 Å². The summed E-state index contributed by atoms with van der Waals surface area (Å²) in [6.07, 6.45) is 54.0. The van der Waals surface area contributed by atoms with Crippen molar-refractivity contribution in [3.8, 4) is 0 Å². The van der Waals surface area contributed by atoms with Gasteiger partial charge in [0, 0.05) is 25.7 Å². The van der Waals surface area contributed by atoms with Gasteiger partial charge in [0.25, 0.3) is 0 Å². The standard InChI is InChI=1S/C73H142O17P2/c1-6-9-12-15-18-21-23-24-25-29-33-37-42-47-52-57-71(76)84-63-69(90-73(78)59-54-49-44-39-34-30-27-26-28-32-36-40-45-50-55-66(4)5)65-88-92(81,82)86-61-67(74)60-85-91(79,80)87-64-68(62-83-70(75)56-51-46-41-35-20-17-14-11-8-3)89-72(77)58-53-48-43-38-31-22-19-16-13-10-7-2/h66-69,74H,6-65H2,1-5H3,(H,79,80)(H,81,82)/t67-,68+,69+/m0/s1. The second kappa shape index (κ2) is 66.3. The maximum Gasteiger partial charge on any atom is 0.472 e. The monoisotopic (exact) mass is 1350 g/mol. The number of hydrogen-bond acceptors (Lipinski definition) is 15. The summed E-state index contributed by atoms with van der Waals surface area (Å²) in [6.45, 7) is 7.28. The van der Waals surface area contributed by atoms with Crippen molar-refractivity contribution in [2.24, 2.45) is 5.92 Å². The van der Waals surface area contributed by atoms with Crippen LogP contribution >= 0.6 is 15.6 Å². The normalized spacial score (nSPS) is 14.0. The van der Waals surface area contributed by atoms with E-state index in [4.69, 9.17) is 37.0 Å². The van der Waals surface area contributed by atoms with Crippen LogP contribution in [0.2, 0.25) is 0 Å². The average molecular weight is 1350 g/mol. The summed E-state index contributed by atoms with van der Waals surface area (Å²) in [6, 6.07) is 0. The summed E-state index contributed by atoms with van der Waals surface area (Å²) in [5.74, 6) is -1.32. The van der Waals surface area contributed by atoms with E-state index in [1.807, 2.05) is 0 Å². The fourth-order valence-corrected chi connectivity index (χ4v) is 12.8. The Bertz CT molecular complexity index is 1770. The molecule has 0 rings (SSSR count). The number of phosphoric acid groups is 2. The molecule has 2 unspecified atom stereocenters. The van der Waals surface area contributed by atoms with Gasteiger partial charge >= 0.3 is 39.5 Å². The number of carbonyl (C=O) groups is 4. The molecule has 0 saturated carbocycles. The zero-order valence-corrected chi connectivity index (χ0v) is 61.5. The van der Waals surface area contributed by atoms with Crippen LogP contribution < -0.4 is 0 Å². The van der Waals surface area contributed by atoms with Crippen molar-refractivity contribution in [1.29, 1.82) is 0 Å². The highest BCUT2D eigenvalue weighted by Crippen LogP contribution is 2.45. The summed E-state index contributed by atoms with van der Waals surface area (Å²) in [7, 11) is -9.90. The van der Waals surface area contributed by atoms with Gasteiger partial charge in [-0.2, -0.15) is 0 Å². The molecule has 5 atom stereocenters. The van der Waals surface area contributed by atoms with E-state index in [1.165, 1.54) is 205 Å². The molecule has 0 spiro atoms. The molecule has 0 bridgehead atoms. The quantitative estimate of drug-likeness (QED) is 0.0222. The van der Waals surface area contributed by atoms with E-state index in [2.05, 4.69) is 34.6 Å². The van der Waals surface area contributed by atoms with Crippen LogP contribution in [-0.2, 0) is 65.4 Å². The van der Waals surface area contributed by atoms with Crippen LogP contribution in [0.25, 0.3) is 0 Å². The second-order valence-electron chi connectivity index (χ2n) is 26.8. The summed E-state index contributed by atoms with van der Waals surface area (Å²) >= 11 is 0. The highest BCUT2D eigenvalue weighted by Gasteiger charge is 2.30. The SMILES string of the molecule is CCCCCCCCCCCCCCCCCC(=O)OC[C@H](COP(=O)(O)OC[C@@H](O)COP(=O)(O)OC[C@@H](COC(=O)CCCCCCCCCCC)OC(=O)CCCCCCCCCCCCC)OC(=O)CCCCCCCCCCCCCCCCC(C)C. The largest absolute Gasteiger partial charge is 0.472 e. The molecule has 17 nitrogen and oxygen atoms in total. The Hall–Kier alpha value is -1.94. The molecular weight excluding hydrogens is 1210 g/mol. The molecule has 0 saturated heterocycles. The fraction of sp³-hybridized carbons (Fsp3) is 0.945. The average Bonchev–Trinajstić information content (AvgIpc) is 1.73. The van der Waals surface area contributed by atoms with E-state index in [1.54, 1.807) is 0 Å². The van der Waals surface area contributed by atoms with Gasteiger partial charge in [-0.3, -0.25) is 37.3 Å². The van der Waals surface area contributed by atoms with E-state index in [0.29, 0.717) is 25.7 Å². The van der Waals surface area contributed by atoms with E-state index in [-0.39, 0.29) is 25.7 Å². The predicted octanol–water partition coefficient (Wildman–Crippen LogP) is 21.3. The van der Waals surface area contributed by atoms with E-state index >= 15 is 0 Å². The molecule has 0 amide bonds. The molecule has 3 N–H and O–H groups in total. The number of hydrogen-bond donors (Lipinski definition) is 3. The molecule has 0 aromatic carbocycles. The van der Waals surface area contributed by atoms with Crippen molar-refractivity contribution in [2.45, 2.75) is 400 Å². The van der Waals surface area contributed by atoms with Crippen molar-refractivity contribution >= 4 is 39.5 Å². The smallest absolute Gasteiger partial charge is 0.462 e. The van der Waals surface area contributed by atoms with Crippen molar-refractivity contribution in [3.63, 3.8) is 0 Å². The number of ether oxygens (including phenoxy) is 4. The fourth-order valence-electron chi connectivity index (χ4n) is 11.2. The maximum atomic E-state index is 13.1. The van der Waals surface area contributed by atoms with Gasteiger partial charge < -0.3 is 33.8 Å². The summed E-state index contributed by atoms with van der Waals surface area (Å²) < 4.78 is 68.4. The van der Waals surface area contributed by atoms with Crippen molar-refractivity contribution in [3.05, 3.63) is 0 Å². The number of phosphoric ester groups is 2. The van der Waals surface area contributed by atoms with Crippen LogP contribution in [0, 0.1) is 5.92 Å². The van der Waals surface area contributed by atoms with E-state index in [0.717, 1.165) is 95.8 Å². The number of esters is 4. The lowest BCUT2D eigenvalue weighted by Gasteiger charge is -2.21. The molecule has 0 aliphatic rings.